The minimum atomic E-state index is -0.317. The Bertz CT molecular complexity index is 909. The number of aryl methyl sites for hydroxylation is 1. The Balaban J connectivity index is 1.29. The lowest BCUT2D eigenvalue weighted by Crippen LogP contribution is -2.60. The van der Waals surface area contributed by atoms with Crippen molar-refractivity contribution in [2.75, 3.05) is 46.4 Å². The zero-order valence-corrected chi connectivity index (χ0v) is 18.9. The van der Waals surface area contributed by atoms with E-state index >= 15 is 0 Å². The summed E-state index contributed by atoms with van der Waals surface area (Å²) in [6.07, 6.45) is 5.35. The molecule has 0 radical (unpaired) electrons. The first-order chi connectivity index (χ1) is 15.5. The smallest absolute Gasteiger partial charge is 0.274 e. The van der Waals surface area contributed by atoms with Crippen LogP contribution in [0.15, 0.2) is 36.7 Å². The Morgan fingerprint density at radius 1 is 1.09 bits per heavy atom. The van der Waals surface area contributed by atoms with Crippen LogP contribution in [0.2, 0.25) is 0 Å². The molecule has 0 bridgehead atoms. The highest BCUT2D eigenvalue weighted by Crippen LogP contribution is 2.21. The lowest BCUT2D eigenvalue weighted by Gasteiger charge is -2.41. The van der Waals surface area contributed by atoms with E-state index in [0.717, 1.165) is 19.4 Å². The number of likely N-dealkylation sites (N-methyl/N-ethyl adjacent to an activating group) is 1. The maximum atomic E-state index is 13.3. The lowest BCUT2D eigenvalue weighted by molar-refractivity contribution is -0.139. The van der Waals surface area contributed by atoms with E-state index in [1.807, 2.05) is 43.3 Å². The molecule has 0 unspecified atom stereocenters. The Hall–Kier alpha value is -2.94. The molecule has 0 saturated carbocycles. The van der Waals surface area contributed by atoms with Crippen LogP contribution >= 0.6 is 0 Å². The molecule has 4 rings (SSSR count). The van der Waals surface area contributed by atoms with Gasteiger partial charge in [0.2, 0.25) is 11.8 Å². The molecule has 2 aliphatic rings. The summed E-state index contributed by atoms with van der Waals surface area (Å²) in [6.45, 7) is 6.43. The van der Waals surface area contributed by atoms with Crippen molar-refractivity contribution >= 4 is 11.8 Å². The monoisotopic (exact) mass is 440 g/mol. The van der Waals surface area contributed by atoms with Gasteiger partial charge in [-0.15, -0.1) is 0 Å². The van der Waals surface area contributed by atoms with E-state index in [-0.39, 0.29) is 17.9 Å². The fourth-order valence-corrected chi connectivity index (χ4v) is 4.31. The maximum absolute atomic E-state index is 13.3. The third kappa shape index (κ3) is 5.09. The molecule has 2 aliphatic heterocycles. The van der Waals surface area contributed by atoms with Crippen molar-refractivity contribution in [1.29, 1.82) is 0 Å². The van der Waals surface area contributed by atoms with Gasteiger partial charge in [-0.1, -0.05) is 6.07 Å². The van der Waals surface area contributed by atoms with Crippen molar-refractivity contribution in [1.82, 2.24) is 29.5 Å². The Morgan fingerprint density at radius 2 is 1.91 bits per heavy atom. The van der Waals surface area contributed by atoms with Crippen LogP contribution < -0.4 is 4.74 Å². The molecule has 2 amide bonds. The zero-order valence-electron chi connectivity index (χ0n) is 18.9. The number of amides is 2. The third-order valence-corrected chi connectivity index (χ3v) is 6.43. The molecule has 0 aliphatic carbocycles. The Morgan fingerprint density at radius 3 is 2.59 bits per heavy atom. The fraction of sp³-hybridized carbons (Fsp3) is 0.565. The Kier molecular flexibility index (Phi) is 7.04. The second-order valence-corrected chi connectivity index (χ2v) is 8.55. The van der Waals surface area contributed by atoms with Gasteiger partial charge in [0.15, 0.2) is 0 Å². The number of carbonyl (C=O) groups is 2. The molecule has 32 heavy (non-hydrogen) atoms. The van der Waals surface area contributed by atoms with Gasteiger partial charge in [-0.05, 0) is 44.9 Å². The summed E-state index contributed by atoms with van der Waals surface area (Å²) in [5, 5.41) is 4.33. The van der Waals surface area contributed by atoms with Crippen LogP contribution in [-0.4, -0.2) is 93.7 Å². The topological polar surface area (TPSA) is 83.8 Å². The number of hydrogen-bond donors (Lipinski definition) is 0. The van der Waals surface area contributed by atoms with Crippen LogP contribution in [0.4, 0.5) is 0 Å². The first-order valence-electron chi connectivity index (χ1n) is 11.4. The molecule has 2 fully saturated rings. The van der Waals surface area contributed by atoms with Crippen molar-refractivity contribution in [3.8, 4) is 5.88 Å². The third-order valence-electron chi connectivity index (χ3n) is 6.43. The fourth-order valence-electron chi connectivity index (χ4n) is 4.31. The molecule has 0 spiro atoms. The van der Waals surface area contributed by atoms with Gasteiger partial charge in [-0.25, -0.2) is 4.98 Å². The van der Waals surface area contributed by atoms with E-state index in [9.17, 15) is 9.59 Å². The van der Waals surface area contributed by atoms with Crippen LogP contribution in [0, 0.1) is 5.92 Å². The first kappa shape index (κ1) is 22.3. The van der Waals surface area contributed by atoms with E-state index < -0.39 is 0 Å². The van der Waals surface area contributed by atoms with Crippen LogP contribution in [-0.2, 0) is 11.3 Å². The molecule has 2 saturated heterocycles. The van der Waals surface area contributed by atoms with Crippen molar-refractivity contribution in [2.45, 2.75) is 32.4 Å². The SMILES string of the molecule is CCn1ccc(C(=O)N2CCN(C)[C@@H](C(=O)N3CCC(COc4ccccn4)CC3)C2)n1. The Labute approximate surface area is 188 Å². The molecule has 172 valence electrons. The highest BCUT2D eigenvalue weighted by molar-refractivity contribution is 5.93. The molecule has 9 nitrogen and oxygen atoms in total. The van der Waals surface area contributed by atoms with E-state index in [2.05, 4.69) is 15.0 Å². The first-order valence-corrected chi connectivity index (χ1v) is 11.4. The summed E-state index contributed by atoms with van der Waals surface area (Å²) >= 11 is 0. The average molecular weight is 441 g/mol. The molecule has 0 N–H and O–H groups in total. The normalized spacial score (nSPS) is 20.4. The minimum absolute atomic E-state index is 0.103. The molecule has 1 atom stereocenters. The summed E-state index contributed by atoms with van der Waals surface area (Å²) in [5.74, 6) is 1.06. The summed E-state index contributed by atoms with van der Waals surface area (Å²) in [4.78, 5) is 36.2. The van der Waals surface area contributed by atoms with E-state index in [1.54, 1.807) is 21.8 Å². The molecule has 2 aromatic heterocycles. The van der Waals surface area contributed by atoms with Gasteiger partial charge in [0, 0.05) is 57.7 Å². The van der Waals surface area contributed by atoms with Gasteiger partial charge in [-0.3, -0.25) is 19.2 Å². The number of nitrogens with zero attached hydrogens (tertiary/aromatic N) is 6. The van der Waals surface area contributed by atoms with Crippen LogP contribution in [0.1, 0.15) is 30.3 Å². The summed E-state index contributed by atoms with van der Waals surface area (Å²) in [5.41, 5.74) is 0.441. The van der Waals surface area contributed by atoms with Crippen molar-refractivity contribution in [2.24, 2.45) is 5.92 Å². The predicted octanol–water partition coefficient (Wildman–Crippen LogP) is 1.37. The van der Waals surface area contributed by atoms with Crippen molar-refractivity contribution in [3.05, 3.63) is 42.4 Å². The number of piperazine rings is 1. The average Bonchev–Trinajstić information content (AvgIpc) is 3.33. The van der Waals surface area contributed by atoms with Crippen molar-refractivity contribution in [3.63, 3.8) is 0 Å². The largest absolute Gasteiger partial charge is 0.477 e. The number of carbonyl (C=O) groups excluding carboxylic acids is 2. The number of ether oxygens (including phenoxy) is 1. The van der Waals surface area contributed by atoms with Gasteiger partial charge in [-0.2, -0.15) is 5.10 Å². The van der Waals surface area contributed by atoms with E-state index in [1.165, 1.54) is 0 Å². The van der Waals surface area contributed by atoms with Gasteiger partial charge < -0.3 is 14.5 Å². The maximum Gasteiger partial charge on any atom is 0.274 e. The van der Waals surface area contributed by atoms with Gasteiger partial charge in [0.1, 0.15) is 11.7 Å². The van der Waals surface area contributed by atoms with E-state index in [4.69, 9.17) is 4.74 Å². The molecule has 0 aromatic carbocycles. The summed E-state index contributed by atoms with van der Waals surface area (Å²) < 4.78 is 7.54. The molecule has 2 aromatic rings. The highest BCUT2D eigenvalue weighted by atomic mass is 16.5. The van der Waals surface area contributed by atoms with Gasteiger partial charge in [0.05, 0.1) is 6.61 Å². The lowest BCUT2D eigenvalue weighted by atomic mass is 9.97. The second-order valence-electron chi connectivity index (χ2n) is 8.55. The van der Waals surface area contributed by atoms with Gasteiger partial charge in [0.25, 0.3) is 5.91 Å². The standard InChI is InChI=1S/C23H32N6O3/c1-3-29-13-9-19(25-29)22(30)28-15-14-26(2)20(16-28)23(31)27-11-7-18(8-12-27)17-32-21-6-4-5-10-24-21/h4-6,9-10,13,18,20H,3,7-8,11-12,14-17H2,1-2H3/t20-/m1/s1. The zero-order chi connectivity index (χ0) is 22.5. The minimum Gasteiger partial charge on any atom is -0.477 e. The predicted molar refractivity (Wildman–Crippen MR) is 119 cm³/mol. The molecular weight excluding hydrogens is 408 g/mol. The number of rotatable bonds is 6. The number of pyridine rings is 1. The summed E-state index contributed by atoms with van der Waals surface area (Å²) in [6, 6.07) is 7.07. The molecule has 4 heterocycles. The van der Waals surface area contributed by atoms with E-state index in [0.29, 0.717) is 56.8 Å². The number of likely N-dealkylation sites (tertiary alicyclic amines) is 1. The number of hydrogen-bond acceptors (Lipinski definition) is 6. The van der Waals surface area contributed by atoms with Crippen molar-refractivity contribution < 1.29 is 14.3 Å². The van der Waals surface area contributed by atoms with Crippen LogP contribution in [0.3, 0.4) is 0 Å². The number of aromatic nitrogens is 3. The van der Waals surface area contributed by atoms with Gasteiger partial charge >= 0.3 is 0 Å². The van der Waals surface area contributed by atoms with Crippen LogP contribution in [0.25, 0.3) is 0 Å². The quantitative estimate of drug-likeness (QED) is 0.675. The molecular formula is C23H32N6O3. The highest BCUT2D eigenvalue weighted by Gasteiger charge is 2.36. The molecule has 9 heteroatoms. The second kappa shape index (κ2) is 10.1. The van der Waals surface area contributed by atoms with Crippen LogP contribution in [0.5, 0.6) is 5.88 Å². The number of piperidine rings is 1. The summed E-state index contributed by atoms with van der Waals surface area (Å²) in [7, 11) is 1.96.